The van der Waals surface area contributed by atoms with Gasteiger partial charge < -0.3 is 24.6 Å². The molecule has 1 unspecified atom stereocenters. The Hall–Kier alpha value is -1.55. The Morgan fingerprint density at radius 2 is 1.10 bits per heavy atom. The molecule has 10 nitrogen and oxygen atoms in total. The van der Waals surface area contributed by atoms with Gasteiger partial charge in [0.2, 0.25) is 0 Å². The van der Waals surface area contributed by atoms with Crippen LogP contribution in [0, 0.1) is 0 Å². The van der Waals surface area contributed by atoms with Gasteiger partial charge in [0.05, 0.1) is 19.8 Å². The number of rotatable bonds is 37. The van der Waals surface area contributed by atoms with E-state index in [1.807, 2.05) is 6.08 Å². The van der Waals surface area contributed by atoms with E-state index < -0.39 is 51.8 Å². The van der Waals surface area contributed by atoms with Gasteiger partial charge in [-0.2, -0.15) is 0 Å². The molecule has 3 atom stereocenters. The number of phosphoric acid groups is 1. The molecular weight excluding hydrogens is 647 g/mol. The van der Waals surface area contributed by atoms with E-state index >= 15 is 0 Å². The van der Waals surface area contributed by atoms with Crippen LogP contribution < -0.4 is 0 Å². The normalized spacial score (nSPS) is 14.0. The first-order chi connectivity index (χ1) is 23.7. The average molecular weight is 719 g/mol. The number of unbranched alkanes of at least 4 members (excludes halogenated alkanes) is 20. The predicted octanol–water partition coefficient (Wildman–Crippen LogP) is 9.44. The van der Waals surface area contributed by atoms with E-state index in [4.69, 9.17) is 19.1 Å². The zero-order valence-electron chi connectivity index (χ0n) is 30.7. The molecule has 0 aliphatic rings. The van der Waals surface area contributed by atoms with Crippen LogP contribution in [0.15, 0.2) is 24.8 Å². The van der Waals surface area contributed by atoms with E-state index in [2.05, 4.69) is 30.2 Å². The van der Waals surface area contributed by atoms with Crippen molar-refractivity contribution in [2.24, 2.45) is 0 Å². The Morgan fingerprint density at radius 3 is 1.61 bits per heavy atom. The summed E-state index contributed by atoms with van der Waals surface area (Å²) in [7, 11) is -4.61. The second kappa shape index (κ2) is 34.9. The largest absolute Gasteiger partial charge is 0.472 e. The maximum Gasteiger partial charge on any atom is 0.472 e. The van der Waals surface area contributed by atoms with E-state index in [0.717, 1.165) is 64.2 Å². The smallest absolute Gasteiger partial charge is 0.462 e. The number of aliphatic hydroxyl groups is 2. The number of aliphatic hydroxyl groups excluding tert-OH is 2. The van der Waals surface area contributed by atoms with E-state index in [-0.39, 0.29) is 19.4 Å². The third-order valence-electron chi connectivity index (χ3n) is 8.22. The molecule has 0 fully saturated rings. The minimum atomic E-state index is -4.61. The monoisotopic (exact) mass is 718 g/mol. The highest BCUT2D eigenvalue weighted by atomic mass is 31.2. The van der Waals surface area contributed by atoms with Crippen molar-refractivity contribution in [2.75, 3.05) is 26.4 Å². The van der Waals surface area contributed by atoms with Crippen LogP contribution in [0.1, 0.15) is 167 Å². The Bertz CT molecular complexity index is 865. The van der Waals surface area contributed by atoms with Crippen molar-refractivity contribution < 1.29 is 47.8 Å². The lowest BCUT2D eigenvalue weighted by atomic mass is 10.0. The van der Waals surface area contributed by atoms with Crippen molar-refractivity contribution in [2.45, 2.75) is 180 Å². The first-order valence-electron chi connectivity index (χ1n) is 19.3. The molecule has 0 aliphatic carbocycles. The summed E-state index contributed by atoms with van der Waals surface area (Å²) in [6.45, 7) is 3.84. The zero-order valence-corrected chi connectivity index (χ0v) is 31.6. The highest BCUT2D eigenvalue weighted by Crippen LogP contribution is 2.43. The van der Waals surface area contributed by atoms with Crippen LogP contribution in [0.25, 0.3) is 0 Å². The lowest BCUT2D eigenvalue weighted by Crippen LogP contribution is -2.29. The van der Waals surface area contributed by atoms with Gasteiger partial charge in [-0.25, -0.2) is 4.57 Å². The van der Waals surface area contributed by atoms with Crippen LogP contribution >= 0.6 is 7.82 Å². The van der Waals surface area contributed by atoms with E-state index in [0.29, 0.717) is 12.8 Å². The Labute approximate surface area is 298 Å². The Kier molecular flexibility index (Phi) is 33.8. The molecular formula is C38H71O10P. The summed E-state index contributed by atoms with van der Waals surface area (Å²) in [5.41, 5.74) is 0. The van der Waals surface area contributed by atoms with Gasteiger partial charge in [-0.3, -0.25) is 18.6 Å². The van der Waals surface area contributed by atoms with Crippen LogP contribution in [0.5, 0.6) is 0 Å². The molecule has 0 bridgehead atoms. The minimum Gasteiger partial charge on any atom is -0.462 e. The molecule has 0 aromatic heterocycles. The van der Waals surface area contributed by atoms with Crippen LogP contribution in [-0.4, -0.2) is 65.7 Å². The van der Waals surface area contributed by atoms with Crippen molar-refractivity contribution >= 4 is 19.8 Å². The van der Waals surface area contributed by atoms with Gasteiger partial charge in [-0.1, -0.05) is 128 Å². The molecule has 0 aromatic rings. The standard InChI is InChI=1S/C38H71O10P/c1-3-5-7-9-11-13-15-16-17-18-20-22-24-26-28-30-38(42)48-36(34-47-49(43,44)46-32-35(40)31-39)33-45-37(41)29-27-25-23-21-19-14-12-10-8-6-4-2/h3,10,12,35-36,39-40H,1,4-9,11,13-34H2,2H3,(H,43,44)/b12-10+/t35-,36+/m0/s1. The summed E-state index contributed by atoms with van der Waals surface area (Å²) in [6.07, 6.45) is 30.4. The zero-order chi connectivity index (χ0) is 36.3. The van der Waals surface area contributed by atoms with Crippen molar-refractivity contribution in [1.82, 2.24) is 0 Å². The molecule has 0 saturated heterocycles. The third-order valence-corrected chi connectivity index (χ3v) is 9.18. The van der Waals surface area contributed by atoms with Crippen LogP contribution in [0.2, 0.25) is 0 Å². The first-order valence-corrected chi connectivity index (χ1v) is 20.7. The van der Waals surface area contributed by atoms with E-state index in [9.17, 15) is 24.2 Å². The molecule has 0 aromatic carbocycles. The van der Waals surface area contributed by atoms with Crippen molar-refractivity contribution in [3.8, 4) is 0 Å². The molecule has 288 valence electrons. The van der Waals surface area contributed by atoms with Gasteiger partial charge in [0.15, 0.2) is 6.10 Å². The highest BCUT2D eigenvalue weighted by Gasteiger charge is 2.27. The second-order valence-corrected chi connectivity index (χ2v) is 14.5. The fourth-order valence-corrected chi connectivity index (χ4v) is 5.98. The fraction of sp³-hybridized carbons (Fsp3) is 0.842. The number of allylic oxidation sites excluding steroid dienone is 3. The predicted molar refractivity (Wildman–Crippen MR) is 196 cm³/mol. The maximum absolute atomic E-state index is 12.5. The van der Waals surface area contributed by atoms with Gasteiger partial charge in [-0.05, 0) is 44.9 Å². The number of carbonyl (C=O) groups excluding carboxylic acids is 2. The number of phosphoric ester groups is 1. The topological polar surface area (TPSA) is 149 Å². The number of esters is 2. The molecule has 11 heteroatoms. The minimum absolute atomic E-state index is 0.182. The molecule has 0 radical (unpaired) electrons. The van der Waals surface area contributed by atoms with Gasteiger partial charge in [0.1, 0.15) is 12.7 Å². The lowest BCUT2D eigenvalue weighted by Gasteiger charge is -2.20. The molecule has 0 saturated carbocycles. The van der Waals surface area contributed by atoms with Crippen LogP contribution in [0.4, 0.5) is 0 Å². The second-order valence-electron chi connectivity index (χ2n) is 13.0. The van der Waals surface area contributed by atoms with Crippen molar-refractivity contribution in [3.63, 3.8) is 0 Å². The SMILES string of the molecule is C=CCCCCCCCCCCCCCCCC(=O)O[C@H](COC(=O)CCCCCCC/C=C/CCCC)COP(=O)(O)OC[C@@H](O)CO. The molecule has 0 aliphatic heterocycles. The maximum atomic E-state index is 12.5. The summed E-state index contributed by atoms with van der Waals surface area (Å²) in [5, 5.41) is 18.3. The van der Waals surface area contributed by atoms with E-state index in [1.54, 1.807) is 0 Å². The molecule has 0 heterocycles. The number of carbonyl (C=O) groups is 2. The first kappa shape index (κ1) is 47.4. The summed E-state index contributed by atoms with van der Waals surface area (Å²) in [5.74, 6) is -0.938. The lowest BCUT2D eigenvalue weighted by molar-refractivity contribution is -0.161. The molecule has 49 heavy (non-hydrogen) atoms. The van der Waals surface area contributed by atoms with Crippen LogP contribution in [-0.2, 0) is 32.7 Å². The van der Waals surface area contributed by atoms with Crippen molar-refractivity contribution in [3.05, 3.63) is 24.8 Å². The number of hydrogen-bond donors (Lipinski definition) is 3. The van der Waals surface area contributed by atoms with Gasteiger partial charge >= 0.3 is 19.8 Å². The molecule has 0 rings (SSSR count). The quantitative estimate of drug-likeness (QED) is 0.0245. The van der Waals surface area contributed by atoms with Gasteiger partial charge in [-0.15, -0.1) is 6.58 Å². The van der Waals surface area contributed by atoms with Gasteiger partial charge in [0.25, 0.3) is 0 Å². The number of hydrogen-bond acceptors (Lipinski definition) is 9. The van der Waals surface area contributed by atoms with Crippen molar-refractivity contribution in [1.29, 1.82) is 0 Å². The third kappa shape index (κ3) is 34.7. The molecule has 0 amide bonds. The van der Waals surface area contributed by atoms with E-state index in [1.165, 1.54) is 70.6 Å². The Balaban J connectivity index is 4.33. The fourth-order valence-electron chi connectivity index (χ4n) is 5.19. The summed E-state index contributed by atoms with van der Waals surface area (Å²) in [6, 6.07) is 0. The van der Waals surface area contributed by atoms with Gasteiger partial charge in [0, 0.05) is 12.8 Å². The summed E-state index contributed by atoms with van der Waals surface area (Å²) in [4.78, 5) is 34.8. The summed E-state index contributed by atoms with van der Waals surface area (Å²) < 4.78 is 32.6. The molecule has 3 N–H and O–H groups in total. The summed E-state index contributed by atoms with van der Waals surface area (Å²) >= 11 is 0. The van der Waals surface area contributed by atoms with Crippen LogP contribution in [0.3, 0.4) is 0 Å². The number of ether oxygens (including phenoxy) is 2. The highest BCUT2D eigenvalue weighted by molar-refractivity contribution is 7.47. The average Bonchev–Trinajstić information content (AvgIpc) is 3.09. The molecule has 0 spiro atoms. The Morgan fingerprint density at radius 1 is 0.653 bits per heavy atom.